The largest absolute Gasteiger partial charge is 0.455 e. The molecular formula is C17H16Br2N2O. The number of hydrogen-bond donors (Lipinski definition) is 2. The molecule has 3 aromatic rings. The topological polar surface area (TPSA) is 37.0 Å². The van der Waals surface area contributed by atoms with Gasteiger partial charge in [0.2, 0.25) is 0 Å². The Kier molecular flexibility index (Phi) is 4.45. The van der Waals surface area contributed by atoms with Gasteiger partial charge in [-0.2, -0.15) is 0 Å². The third-order valence-electron chi connectivity index (χ3n) is 3.46. The highest BCUT2D eigenvalue weighted by molar-refractivity contribution is 9.11. The number of aryl methyl sites for hydroxylation is 1. The van der Waals surface area contributed by atoms with Crippen LogP contribution in [0.5, 0.6) is 11.5 Å². The molecule has 5 heteroatoms. The maximum absolute atomic E-state index is 6.07. The number of nitrogens with one attached hydrogen (secondary N) is 2. The molecule has 22 heavy (non-hydrogen) atoms. The van der Waals surface area contributed by atoms with Crippen molar-refractivity contribution in [3.63, 3.8) is 0 Å². The predicted molar refractivity (Wildman–Crippen MR) is 99.1 cm³/mol. The van der Waals surface area contributed by atoms with Crippen molar-refractivity contribution in [1.29, 1.82) is 0 Å². The minimum Gasteiger partial charge on any atom is -0.455 e. The highest BCUT2D eigenvalue weighted by Gasteiger charge is 2.11. The number of fused-ring (bicyclic) bond motifs is 1. The van der Waals surface area contributed by atoms with Gasteiger partial charge in [-0.05, 0) is 81.6 Å². The molecule has 3 nitrogen and oxygen atoms in total. The van der Waals surface area contributed by atoms with E-state index in [-0.39, 0.29) is 0 Å². The fourth-order valence-electron chi connectivity index (χ4n) is 2.38. The van der Waals surface area contributed by atoms with Crippen molar-refractivity contribution in [2.24, 2.45) is 0 Å². The summed E-state index contributed by atoms with van der Waals surface area (Å²) in [5.41, 5.74) is 3.37. The molecule has 0 unspecified atom stereocenters. The highest BCUT2D eigenvalue weighted by Crippen LogP contribution is 2.39. The third kappa shape index (κ3) is 3.01. The summed E-state index contributed by atoms with van der Waals surface area (Å²) in [6.45, 7) is 5.03. The first-order chi connectivity index (χ1) is 10.6. The second kappa shape index (κ2) is 6.34. The second-order valence-corrected chi connectivity index (χ2v) is 6.79. The van der Waals surface area contributed by atoms with E-state index in [0.29, 0.717) is 0 Å². The normalized spacial score (nSPS) is 10.9. The Labute approximate surface area is 146 Å². The van der Waals surface area contributed by atoms with Gasteiger partial charge >= 0.3 is 0 Å². The number of rotatable bonds is 4. The number of anilines is 1. The van der Waals surface area contributed by atoms with E-state index in [0.717, 1.165) is 38.2 Å². The van der Waals surface area contributed by atoms with Gasteiger partial charge in [0.25, 0.3) is 0 Å². The van der Waals surface area contributed by atoms with Gasteiger partial charge in [-0.25, -0.2) is 0 Å². The molecular weight excluding hydrogens is 408 g/mol. The van der Waals surface area contributed by atoms with Gasteiger partial charge in [-0.3, -0.25) is 0 Å². The Bertz CT molecular complexity index is 804. The van der Waals surface area contributed by atoms with Gasteiger partial charge in [-0.1, -0.05) is 0 Å². The molecule has 1 heterocycles. The monoisotopic (exact) mass is 422 g/mol. The number of H-pyrrole nitrogens is 1. The zero-order valence-electron chi connectivity index (χ0n) is 12.3. The average molecular weight is 424 g/mol. The molecule has 0 aliphatic carbocycles. The van der Waals surface area contributed by atoms with Crippen LogP contribution in [0, 0.1) is 6.92 Å². The van der Waals surface area contributed by atoms with Crippen molar-refractivity contribution >= 4 is 48.5 Å². The molecule has 0 amide bonds. The van der Waals surface area contributed by atoms with Gasteiger partial charge in [0.15, 0.2) is 5.75 Å². The number of halogens is 2. The smallest absolute Gasteiger partial charge is 0.155 e. The maximum Gasteiger partial charge on any atom is 0.155 e. The van der Waals surface area contributed by atoms with E-state index in [1.165, 1.54) is 10.9 Å². The Morgan fingerprint density at radius 2 is 1.86 bits per heavy atom. The number of hydrogen-bond acceptors (Lipinski definition) is 2. The van der Waals surface area contributed by atoms with Crippen molar-refractivity contribution in [1.82, 2.24) is 4.98 Å². The quantitative estimate of drug-likeness (QED) is 0.522. The van der Waals surface area contributed by atoms with Gasteiger partial charge in [-0.15, -0.1) is 0 Å². The van der Waals surface area contributed by atoms with Crippen LogP contribution in [0.25, 0.3) is 10.9 Å². The van der Waals surface area contributed by atoms with E-state index in [1.807, 2.05) is 30.5 Å². The summed E-state index contributed by atoms with van der Waals surface area (Å²) in [7, 11) is 0. The molecule has 0 bridgehead atoms. The number of aromatic amines is 1. The summed E-state index contributed by atoms with van der Waals surface area (Å²) in [5, 5.41) is 4.46. The Morgan fingerprint density at radius 3 is 2.55 bits per heavy atom. The van der Waals surface area contributed by atoms with Crippen LogP contribution in [0.15, 0.2) is 45.5 Å². The lowest BCUT2D eigenvalue weighted by Gasteiger charge is -2.13. The van der Waals surface area contributed by atoms with E-state index in [2.05, 4.69) is 62.1 Å². The van der Waals surface area contributed by atoms with E-state index in [4.69, 9.17) is 4.74 Å². The number of aromatic nitrogens is 1. The molecule has 0 saturated heterocycles. The molecule has 0 fully saturated rings. The average Bonchev–Trinajstić information content (AvgIpc) is 2.85. The number of ether oxygens (including phenoxy) is 1. The van der Waals surface area contributed by atoms with Crippen molar-refractivity contribution in [2.75, 3.05) is 11.9 Å². The molecule has 2 N–H and O–H groups in total. The van der Waals surface area contributed by atoms with Gasteiger partial charge in [0, 0.05) is 29.3 Å². The molecule has 1 aromatic heterocycles. The minimum absolute atomic E-state index is 0.772. The van der Waals surface area contributed by atoms with Crippen LogP contribution in [0.3, 0.4) is 0 Å². The van der Waals surface area contributed by atoms with Crippen LogP contribution in [-0.2, 0) is 0 Å². The molecule has 0 spiro atoms. The first-order valence-corrected chi connectivity index (χ1v) is 8.65. The summed E-state index contributed by atoms with van der Waals surface area (Å²) in [5.74, 6) is 1.59. The maximum atomic E-state index is 6.07. The van der Waals surface area contributed by atoms with Crippen LogP contribution >= 0.6 is 31.9 Å². The molecule has 0 aliphatic rings. The van der Waals surface area contributed by atoms with E-state index in [9.17, 15) is 0 Å². The minimum atomic E-state index is 0.772. The third-order valence-corrected chi connectivity index (χ3v) is 4.64. The van der Waals surface area contributed by atoms with E-state index >= 15 is 0 Å². The first-order valence-electron chi connectivity index (χ1n) is 7.07. The zero-order chi connectivity index (χ0) is 15.7. The highest BCUT2D eigenvalue weighted by atomic mass is 79.9. The zero-order valence-corrected chi connectivity index (χ0v) is 15.5. The Balaban J connectivity index is 1.95. The van der Waals surface area contributed by atoms with Gasteiger partial charge < -0.3 is 15.0 Å². The summed E-state index contributed by atoms with van der Waals surface area (Å²) < 4.78 is 7.88. The summed E-state index contributed by atoms with van der Waals surface area (Å²) in [6, 6.07) is 10.1. The van der Waals surface area contributed by atoms with Crippen molar-refractivity contribution in [3.8, 4) is 11.5 Å². The Hall–Kier alpha value is -1.46. The fraction of sp³-hybridized carbons (Fsp3) is 0.176. The molecule has 114 valence electrons. The number of benzene rings is 2. The summed E-state index contributed by atoms with van der Waals surface area (Å²) >= 11 is 7.16. The fourth-order valence-corrected chi connectivity index (χ4v) is 3.73. The van der Waals surface area contributed by atoms with Crippen molar-refractivity contribution in [2.45, 2.75) is 13.8 Å². The molecule has 0 aliphatic heterocycles. The van der Waals surface area contributed by atoms with Gasteiger partial charge in [0.1, 0.15) is 5.75 Å². The molecule has 2 aromatic carbocycles. The van der Waals surface area contributed by atoms with Crippen molar-refractivity contribution < 1.29 is 4.74 Å². The Morgan fingerprint density at radius 1 is 1.14 bits per heavy atom. The predicted octanol–water partition coefficient (Wildman–Crippen LogP) is 6.23. The lowest BCUT2D eigenvalue weighted by Crippen LogP contribution is -1.97. The van der Waals surface area contributed by atoms with Crippen LogP contribution in [0.4, 0.5) is 5.69 Å². The molecule has 0 radical (unpaired) electrons. The van der Waals surface area contributed by atoms with Crippen molar-refractivity contribution in [3.05, 3.63) is 51.0 Å². The summed E-state index contributed by atoms with van der Waals surface area (Å²) in [4.78, 5) is 3.24. The van der Waals surface area contributed by atoms with Crippen LogP contribution in [-0.4, -0.2) is 11.5 Å². The van der Waals surface area contributed by atoms with Crippen LogP contribution in [0.2, 0.25) is 0 Å². The van der Waals surface area contributed by atoms with Crippen LogP contribution < -0.4 is 10.1 Å². The lowest BCUT2D eigenvalue weighted by molar-refractivity contribution is 0.477. The standard InChI is InChI=1S/C17H16Br2N2O/c1-3-20-11-6-14(18)17(15(19)7-11)22-12-4-5-16-13(8-12)10(2)9-21-16/h4-9,20-21H,3H2,1-2H3. The first kappa shape index (κ1) is 15.4. The lowest BCUT2D eigenvalue weighted by atomic mass is 10.2. The van der Waals surface area contributed by atoms with E-state index in [1.54, 1.807) is 0 Å². The van der Waals surface area contributed by atoms with Gasteiger partial charge in [0.05, 0.1) is 8.95 Å². The van der Waals surface area contributed by atoms with Crippen LogP contribution in [0.1, 0.15) is 12.5 Å². The second-order valence-electron chi connectivity index (χ2n) is 5.08. The summed E-state index contributed by atoms with van der Waals surface area (Å²) in [6.07, 6.45) is 2.01. The SMILES string of the molecule is CCNc1cc(Br)c(Oc2ccc3[nH]cc(C)c3c2)c(Br)c1. The van der Waals surface area contributed by atoms with E-state index < -0.39 is 0 Å². The molecule has 0 atom stereocenters. The molecule has 3 rings (SSSR count). The molecule has 0 saturated carbocycles.